The van der Waals surface area contributed by atoms with Crippen LogP contribution in [0.3, 0.4) is 0 Å². The normalized spacial score (nSPS) is 12.6. The van der Waals surface area contributed by atoms with Gasteiger partial charge < -0.3 is 5.32 Å². The molecule has 192 valence electrons. The van der Waals surface area contributed by atoms with E-state index in [0.717, 1.165) is 21.7 Å². The second kappa shape index (κ2) is 10.7. The van der Waals surface area contributed by atoms with Gasteiger partial charge in [0.25, 0.3) is 10.0 Å². The number of anilines is 3. The van der Waals surface area contributed by atoms with Crippen LogP contribution in [0.1, 0.15) is 18.1 Å². The number of aryl methyl sites for hydroxylation is 2. The molecule has 12 heteroatoms. The lowest BCUT2D eigenvalue weighted by molar-refractivity contribution is -0.116. The first-order chi connectivity index (χ1) is 16.7. The molecule has 0 fully saturated rings. The molecule has 3 aromatic carbocycles. The van der Waals surface area contributed by atoms with Crippen LogP contribution in [0.2, 0.25) is 10.0 Å². The number of benzene rings is 3. The summed E-state index contributed by atoms with van der Waals surface area (Å²) >= 11 is 11.8. The van der Waals surface area contributed by atoms with Crippen LogP contribution in [0.4, 0.5) is 17.1 Å². The maximum absolute atomic E-state index is 13.0. The van der Waals surface area contributed by atoms with Gasteiger partial charge in [-0.1, -0.05) is 29.3 Å². The average Bonchev–Trinajstić information content (AvgIpc) is 2.71. The second-order valence-corrected chi connectivity index (χ2v) is 12.8. The first-order valence-corrected chi connectivity index (χ1v) is 14.7. The minimum atomic E-state index is -3.95. The largest absolute Gasteiger partial charge is 0.324 e. The minimum Gasteiger partial charge on any atom is -0.324 e. The fraction of sp³-hybridized carbons (Fsp3) is 0.208. The first kappa shape index (κ1) is 27.8. The highest BCUT2D eigenvalue weighted by Gasteiger charge is 2.29. The molecule has 36 heavy (non-hydrogen) atoms. The van der Waals surface area contributed by atoms with Crippen LogP contribution in [0, 0.1) is 13.8 Å². The van der Waals surface area contributed by atoms with Gasteiger partial charge in [0.1, 0.15) is 6.04 Å². The Labute approximate surface area is 221 Å². The summed E-state index contributed by atoms with van der Waals surface area (Å²) in [7, 11) is -7.74. The molecule has 0 aliphatic rings. The summed E-state index contributed by atoms with van der Waals surface area (Å²) in [5.41, 5.74) is 2.59. The Morgan fingerprint density at radius 3 is 1.86 bits per heavy atom. The number of amides is 1. The number of halogens is 2. The number of hydrogen-bond acceptors (Lipinski definition) is 5. The number of carbonyl (C=O) groups excluding carboxylic acids is 1. The van der Waals surface area contributed by atoms with Crippen molar-refractivity contribution in [1.82, 2.24) is 0 Å². The van der Waals surface area contributed by atoms with Gasteiger partial charge in [0.05, 0.1) is 22.5 Å². The van der Waals surface area contributed by atoms with Gasteiger partial charge in [-0.25, -0.2) is 16.8 Å². The van der Waals surface area contributed by atoms with E-state index in [1.54, 1.807) is 12.1 Å². The monoisotopic (exact) mass is 569 g/mol. The number of rotatable bonds is 8. The van der Waals surface area contributed by atoms with E-state index in [2.05, 4.69) is 10.0 Å². The van der Waals surface area contributed by atoms with Crippen molar-refractivity contribution >= 4 is 66.2 Å². The maximum Gasteiger partial charge on any atom is 0.261 e. The van der Waals surface area contributed by atoms with Gasteiger partial charge in [-0.2, -0.15) is 0 Å². The standard InChI is InChI=1S/C24H25Cl2N3O5S2/c1-15-9-16(2)11-22(10-15)29(35(4,31)32)17(3)24(30)27-20-5-7-23(8-6-20)36(33,34)28-21-13-18(25)12-19(26)14-21/h5-14,17,28H,1-4H3,(H,27,30)/t17-/m0/s1. The van der Waals surface area contributed by atoms with Gasteiger partial charge in [0.15, 0.2) is 0 Å². The molecule has 8 nitrogen and oxygen atoms in total. The molecule has 2 N–H and O–H groups in total. The van der Waals surface area contributed by atoms with E-state index in [4.69, 9.17) is 23.2 Å². The zero-order chi connectivity index (χ0) is 26.8. The van der Waals surface area contributed by atoms with Crippen molar-refractivity contribution in [3.8, 4) is 0 Å². The van der Waals surface area contributed by atoms with E-state index in [-0.39, 0.29) is 20.6 Å². The van der Waals surface area contributed by atoms with Crippen molar-refractivity contribution in [1.29, 1.82) is 0 Å². The molecule has 1 atom stereocenters. The summed E-state index contributed by atoms with van der Waals surface area (Å²) in [6.07, 6.45) is 1.04. The van der Waals surface area contributed by atoms with Crippen LogP contribution in [-0.4, -0.2) is 35.0 Å². The van der Waals surface area contributed by atoms with Crippen LogP contribution >= 0.6 is 23.2 Å². The minimum absolute atomic E-state index is 0.0577. The lowest BCUT2D eigenvalue weighted by Gasteiger charge is -2.28. The van der Waals surface area contributed by atoms with E-state index in [9.17, 15) is 21.6 Å². The maximum atomic E-state index is 13.0. The summed E-state index contributed by atoms with van der Waals surface area (Å²) in [5, 5.41) is 3.19. The summed E-state index contributed by atoms with van der Waals surface area (Å²) in [6.45, 7) is 5.16. The highest BCUT2D eigenvalue weighted by atomic mass is 35.5. The van der Waals surface area contributed by atoms with Gasteiger partial charge in [-0.3, -0.25) is 13.8 Å². The van der Waals surface area contributed by atoms with Gasteiger partial charge in [0.2, 0.25) is 15.9 Å². The Hall–Kier alpha value is -2.79. The molecule has 0 saturated carbocycles. The van der Waals surface area contributed by atoms with E-state index in [0.29, 0.717) is 11.4 Å². The first-order valence-electron chi connectivity index (χ1n) is 10.6. The van der Waals surface area contributed by atoms with Crippen molar-refractivity contribution in [3.63, 3.8) is 0 Å². The third kappa shape index (κ3) is 6.91. The summed E-state index contributed by atoms with van der Waals surface area (Å²) in [4.78, 5) is 12.9. The zero-order valence-electron chi connectivity index (χ0n) is 19.9. The molecular formula is C24H25Cl2N3O5S2. The number of hydrogen-bond donors (Lipinski definition) is 2. The number of carbonyl (C=O) groups is 1. The summed E-state index contributed by atoms with van der Waals surface area (Å²) < 4.78 is 54.0. The molecule has 0 bridgehead atoms. The number of nitrogens with one attached hydrogen (secondary N) is 2. The van der Waals surface area contributed by atoms with Gasteiger partial charge in [0, 0.05) is 15.7 Å². The average molecular weight is 571 g/mol. The Bertz CT molecular complexity index is 1470. The second-order valence-electron chi connectivity index (χ2n) is 8.36. The van der Waals surface area contributed by atoms with Crippen molar-refractivity contribution in [3.05, 3.63) is 81.8 Å². The summed E-state index contributed by atoms with van der Waals surface area (Å²) in [5.74, 6) is -0.582. The topological polar surface area (TPSA) is 113 Å². The zero-order valence-corrected chi connectivity index (χ0v) is 23.1. The van der Waals surface area contributed by atoms with Crippen LogP contribution in [-0.2, 0) is 24.8 Å². The van der Waals surface area contributed by atoms with Crippen molar-refractivity contribution in [2.45, 2.75) is 31.7 Å². The van der Waals surface area contributed by atoms with E-state index in [1.807, 2.05) is 19.9 Å². The Balaban J connectivity index is 1.79. The van der Waals surface area contributed by atoms with Crippen molar-refractivity contribution < 1.29 is 21.6 Å². The molecule has 0 aliphatic carbocycles. The van der Waals surface area contributed by atoms with Gasteiger partial charge in [-0.05, 0) is 86.5 Å². The van der Waals surface area contributed by atoms with Crippen LogP contribution in [0.15, 0.2) is 65.6 Å². The van der Waals surface area contributed by atoms with Gasteiger partial charge >= 0.3 is 0 Å². The Morgan fingerprint density at radius 1 is 0.833 bits per heavy atom. The van der Waals surface area contributed by atoms with Crippen LogP contribution < -0.4 is 14.3 Å². The SMILES string of the molecule is Cc1cc(C)cc(N([C@@H](C)C(=O)Nc2ccc(S(=O)(=O)Nc3cc(Cl)cc(Cl)c3)cc2)S(C)(=O)=O)c1. The molecule has 0 saturated heterocycles. The predicted octanol–water partition coefficient (Wildman–Crippen LogP) is 5.20. The number of nitrogens with zero attached hydrogens (tertiary/aromatic N) is 1. The molecule has 0 unspecified atom stereocenters. The smallest absolute Gasteiger partial charge is 0.261 e. The molecule has 0 aliphatic heterocycles. The third-order valence-electron chi connectivity index (χ3n) is 5.10. The third-order valence-corrected chi connectivity index (χ3v) is 8.17. The van der Waals surface area contributed by atoms with E-state index >= 15 is 0 Å². The highest BCUT2D eigenvalue weighted by Crippen LogP contribution is 2.26. The highest BCUT2D eigenvalue weighted by molar-refractivity contribution is 7.92. The fourth-order valence-corrected chi connectivity index (χ4v) is 6.40. The molecular weight excluding hydrogens is 545 g/mol. The molecule has 3 rings (SSSR count). The molecule has 0 radical (unpaired) electrons. The van der Waals surface area contributed by atoms with Gasteiger partial charge in [-0.15, -0.1) is 0 Å². The molecule has 3 aromatic rings. The van der Waals surface area contributed by atoms with Crippen LogP contribution in [0.5, 0.6) is 0 Å². The Kier molecular flexibility index (Phi) is 8.24. The van der Waals surface area contributed by atoms with Crippen molar-refractivity contribution in [2.75, 3.05) is 20.6 Å². The predicted molar refractivity (Wildman–Crippen MR) is 145 cm³/mol. The molecule has 0 aromatic heterocycles. The molecule has 0 spiro atoms. The lowest BCUT2D eigenvalue weighted by atomic mass is 10.1. The molecule has 1 amide bonds. The lowest BCUT2D eigenvalue weighted by Crippen LogP contribution is -2.45. The van der Waals surface area contributed by atoms with Crippen LogP contribution in [0.25, 0.3) is 0 Å². The fourth-order valence-electron chi connectivity index (χ4n) is 3.68. The number of sulfonamides is 2. The quantitative estimate of drug-likeness (QED) is 0.387. The molecule has 0 heterocycles. The van der Waals surface area contributed by atoms with E-state index < -0.39 is 32.0 Å². The Morgan fingerprint density at radius 2 is 1.36 bits per heavy atom. The van der Waals surface area contributed by atoms with E-state index in [1.165, 1.54) is 49.4 Å². The summed E-state index contributed by atoms with van der Waals surface area (Å²) in [6, 6.07) is 14.0. The van der Waals surface area contributed by atoms with Crippen molar-refractivity contribution in [2.24, 2.45) is 0 Å².